The minimum absolute atomic E-state index is 0.00824. The summed E-state index contributed by atoms with van der Waals surface area (Å²) < 4.78 is 5.44. The van der Waals surface area contributed by atoms with Gasteiger partial charge < -0.3 is 20.3 Å². The lowest BCUT2D eigenvalue weighted by Crippen LogP contribution is -2.40. The molecule has 2 amide bonds. The Labute approximate surface area is 200 Å². The molecule has 0 unspecified atom stereocenters. The Morgan fingerprint density at radius 2 is 1.76 bits per heavy atom. The third kappa shape index (κ3) is 6.13. The van der Waals surface area contributed by atoms with Crippen LogP contribution in [0.2, 0.25) is 0 Å². The minimum Gasteiger partial charge on any atom is -0.494 e. The molecule has 1 aliphatic heterocycles. The summed E-state index contributed by atoms with van der Waals surface area (Å²) in [6.45, 7) is 4.52. The number of anilines is 2. The summed E-state index contributed by atoms with van der Waals surface area (Å²) in [6.07, 6.45) is 3.16. The van der Waals surface area contributed by atoms with E-state index >= 15 is 0 Å². The number of nitrogens with one attached hydrogen (secondary N) is 2. The highest BCUT2D eigenvalue weighted by molar-refractivity contribution is 6.04. The van der Waals surface area contributed by atoms with Gasteiger partial charge in [-0.1, -0.05) is 30.3 Å². The number of hydrogen-bond donors (Lipinski definition) is 2. The van der Waals surface area contributed by atoms with Gasteiger partial charge in [0, 0.05) is 43.0 Å². The van der Waals surface area contributed by atoms with Crippen LogP contribution in [-0.4, -0.2) is 36.5 Å². The SMILES string of the molecule is CCOc1ccc(NC(=O)c2ccnc(N3CCC(C(=O)NCc4ccccc4)CC3)c2)cc1. The van der Waals surface area contributed by atoms with Crippen molar-refractivity contribution in [2.75, 3.05) is 29.9 Å². The first-order valence-corrected chi connectivity index (χ1v) is 11.7. The summed E-state index contributed by atoms with van der Waals surface area (Å²) in [5.74, 6) is 1.42. The fourth-order valence-electron chi connectivity index (χ4n) is 4.04. The van der Waals surface area contributed by atoms with Crippen molar-refractivity contribution in [3.63, 3.8) is 0 Å². The van der Waals surface area contributed by atoms with Crippen molar-refractivity contribution in [3.05, 3.63) is 84.1 Å². The molecule has 0 bridgehead atoms. The van der Waals surface area contributed by atoms with E-state index in [4.69, 9.17) is 4.74 Å². The Morgan fingerprint density at radius 3 is 2.47 bits per heavy atom. The predicted molar refractivity (Wildman–Crippen MR) is 133 cm³/mol. The lowest BCUT2D eigenvalue weighted by atomic mass is 9.95. The van der Waals surface area contributed by atoms with E-state index in [1.165, 1.54) is 0 Å². The highest BCUT2D eigenvalue weighted by Crippen LogP contribution is 2.23. The van der Waals surface area contributed by atoms with E-state index in [-0.39, 0.29) is 17.7 Å². The van der Waals surface area contributed by atoms with Crippen LogP contribution in [0.3, 0.4) is 0 Å². The number of pyridine rings is 1. The van der Waals surface area contributed by atoms with Crippen molar-refractivity contribution >= 4 is 23.3 Å². The molecule has 1 aromatic heterocycles. The van der Waals surface area contributed by atoms with Crippen molar-refractivity contribution in [1.29, 1.82) is 0 Å². The van der Waals surface area contributed by atoms with Gasteiger partial charge in [0.2, 0.25) is 5.91 Å². The normalized spacial score (nSPS) is 13.9. The van der Waals surface area contributed by atoms with Gasteiger partial charge in [0.15, 0.2) is 0 Å². The maximum atomic E-state index is 12.7. The highest BCUT2D eigenvalue weighted by atomic mass is 16.5. The van der Waals surface area contributed by atoms with E-state index < -0.39 is 0 Å². The summed E-state index contributed by atoms with van der Waals surface area (Å²) in [4.78, 5) is 31.9. The highest BCUT2D eigenvalue weighted by Gasteiger charge is 2.25. The molecule has 0 spiro atoms. The van der Waals surface area contributed by atoms with Gasteiger partial charge in [-0.3, -0.25) is 9.59 Å². The van der Waals surface area contributed by atoms with Crippen molar-refractivity contribution in [3.8, 4) is 5.75 Å². The molecule has 34 heavy (non-hydrogen) atoms. The summed E-state index contributed by atoms with van der Waals surface area (Å²) in [5, 5.41) is 5.96. The van der Waals surface area contributed by atoms with E-state index in [9.17, 15) is 9.59 Å². The summed E-state index contributed by atoms with van der Waals surface area (Å²) in [7, 11) is 0. The van der Waals surface area contributed by atoms with Gasteiger partial charge >= 0.3 is 0 Å². The second kappa shape index (κ2) is 11.3. The van der Waals surface area contributed by atoms with E-state index in [0.717, 1.165) is 43.1 Å². The average molecular weight is 459 g/mol. The number of ether oxygens (including phenoxy) is 1. The first-order chi connectivity index (χ1) is 16.6. The van der Waals surface area contributed by atoms with Crippen LogP contribution in [-0.2, 0) is 11.3 Å². The molecule has 4 rings (SSSR count). The van der Waals surface area contributed by atoms with Crippen molar-refractivity contribution in [2.45, 2.75) is 26.3 Å². The average Bonchev–Trinajstić information content (AvgIpc) is 2.89. The zero-order chi connectivity index (χ0) is 23.8. The van der Waals surface area contributed by atoms with Gasteiger partial charge in [-0.25, -0.2) is 4.98 Å². The van der Waals surface area contributed by atoms with Crippen LogP contribution in [0.5, 0.6) is 5.75 Å². The molecule has 1 saturated heterocycles. The van der Waals surface area contributed by atoms with Crippen molar-refractivity contribution in [2.24, 2.45) is 5.92 Å². The third-order valence-electron chi connectivity index (χ3n) is 5.93. The number of carbonyl (C=O) groups excluding carboxylic acids is 2. The van der Waals surface area contributed by atoms with Crippen LogP contribution in [0.15, 0.2) is 72.9 Å². The van der Waals surface area contributed by atoms with Gasteiger partial charge in [-0.2, -0.15) is 0 Å². The smallest absolute Gasteiger partial charge is 0.255 e. The monoisotopic (exact) mass is 458 g/mol. The molecular weight excluding hydrogens is 428 g/mol. The molecule has 176 valence electrons. The molecule has 0 radical (unpaired) electrons. The van der Waals surface area contributed by atoms with Crippen LogP contribution < -0.4 is 20.3 Å². The molecule has 1 fully saturated rings. The molecule has 2 heterocycles. The minimum atomic E-state index is -0.192. The van der Waals surface area contributed by atoms with Crippen molar-refractivity contribution < 1.29 is 14.3 Å². The zero-order valence-corrected chi connectivity index (χ0v) is 19.4. The number of benzene rings is 2. The fraction of sp³-hybridized carbons (Fsp3) is 0.296. The molecule has 2 aromatic carbocycles. The van der Waals surface area contributed by atoms with Gasteiger partial charge in [-0.15, -0.1) is 0 Å². The van der Waals surface area contributed by atoms with Gasteiger partial charge in [-0.05, 0) is 61.7 Å². The predicted octanol–water partition coefficient (Wildman–Crippen LogP) is 4.27. The van der Waals surface area contributed by atoms with Crippen LogP contribution >= 0.6 is 0 Å². The second-order valence-corrected chi connectivity index (χ2v) is 8.28. The van der Waals surface area contributed by atoms with Crippen LogP contribution in [0.25, 0.3) is 0 Å². The molecule has 0 saturated carbocycles. The second-order valence-electron chi connectivity index (χ2n) is 8.28. The molecular formula is C27H30N4O3. The largest absolute Gasteiger partial charge is 0.494 e. The van der Waals surface area contributed by atoms with Gasteiger partial charge in [0.1, 0.15) is 11.6 Å². The summed E-state index contributed by atoms with van der Waals surface area (Å²) in [5.41, 5.74) is 2.34. The molecule has 0 aliphatic carbocycles. The third-order valence-corrected chi connectivity index (χ3v) is 5.93. The van der Waals surface area contributed by atoms with Crippen LogP contribution in [0.4, 0.5) is 11.5 Å². The summed E-state index contributed by atoms with van der Waals surface area (Å²) in [6, 6.07) is 20.7. The van der Waals surface area contributed by atoms with E-state index in [2.05, 4.69) is 20.5 Å². The van der Waals surface area contributed by atoms with Crippen LogP contribution in [0.1, 0.15) is 35.7 Å². The quantitative estimate of drug-likeness (QED) is 0.527. The van der Waals surface area contributed by atoms with Crippen molar-refractivity contribution in [1.82, 2.24) is 10.3 Å². The number of nitrogens with zero attached hydrogens (tertiary/aromatic N) is 2. The van der Waals surface area contributed by atoms with Gasteiger partial charge in [0.05, 0.1) is 6.61 Å². The number of amides is 2. The lowest BCUT2D eigenvalue weighted by Gasteiger charge is -2.32. The number of hydrogen-bond acceptors (Lipinski definition) is 5. The molecule has 7 nitrogen and oxygen atoms in total. The maximum absolute atomic E-state index is 12.7. The summed E-state index contributed by atoms with van der Waals surface area (Å²) >= 11 is 0. The Morgan fingerprint density at radius 1 is 1.03 bits per heavy atom. The first-order valence-electron chi connectivity index (χ1n) is 11.7. The van der Waals surface area contributed by atoms with E-state index in [1.807, 2.05) is 61.5 Å². The van der Waals surface area contributed by atoms with E-state index in [0.29, 0.717) is 24.4 Å². The Hall–Kier alpha value is -3.87. The zero-order valence-electron chi connectivity index (χ0n) is 19.4. The Kier molecular flexibility index (Phi) is 7.75. The van der Waals surface area contributed by atoms with E-state index in [1.54, 1.807) is 18.3 Å². The maximum Gasteiger partial charge on any atom is 0.255 e. The van der Waals surface area contributed by atoms with Gasteiger partial charge in [0.25, 0.3) is 5.91 Å². The number of rotatable bonds is 8. The topological polar surface area (TPSA) is 83.6 Å². The van der Waals surface area contributed by atoms with Crippen LogP contribution in [0, 0.1) is 5.92 Å². The lowest BCUT2D eigenvalue weighted by molar-refractivity contribution is -0.125. The molecule has 1 aliphatic rings. The fourth-order valence-corrected chi connectivity index (χ4v) is 4.04. The number of piperidine rings is 1. The molecule has 7 heteroatoms. The first kappa shape index (κ1) is 23.3. The molecule has 2 N–H and O–H groups in total. The number of aromatic nitrogens is 1. The number of carbonyl (C=O) groups is 2. The molecule has 3 aromatic rings. The standard InChI is InChI=1S/C27H30N4O3/c1-2-34-24-10-8-23(9-11-24)30-27(33)22-12-15-28-25(18-22)31-16-13-21(14-17-31)26(32)29-19-20-6-4-3-5-7-20/h3-12,15,18,21H,2,13-14,16-17,19H2,1H3,(H,29,32)(H,30,33). The Balaban J connectivity index is 1.30. The Bertz CT molecular complexity index is 1090. The molecule has 0 atom stereocenters.